The van der Waals surface area contributed by atoms with Gasteiger partial charge in [-0.1, -0.05) is 367 Å². The Kier molecular flexibility index (Phi) is 63.6. The maximum Gasteiger partial charge on any atom is 0.306 e. The third kappa shape index (κ3) is 63.1. The second-order valence-corrected chi connectivity index (χ2v) is 23.8. The van der Waals surface area contributed by atoms with Crippen LogP contribution in [0.15, 0.2) is 0 Å². The lowest BCUT2D eigenvalue weighted by molar-refractivity contribution is -0.167. The van der Waals surface area contributed by atoms with Crippen molar-refractivity contribution in [3.8, 4) is 0 Å². The fourth-order valence-corrected chi connectivity index (χ4v) is 10.9. The van der Waals surface area contributed by atoms with E-state index in [-0.39, 0.29) is 31.1 Å². The molecule has 0 aliphatic heterocycles. The lowest BCUT2D eigenvalue weighted by atomic mass is 10.0. The summed E-state index contributed by atoms with van der Waals surface area (Å²) in [5.74, 6) is -0.834. The molecule has 0 bridgehead atoms. The van der Waals surface area contributed by atoms with Crippen molar-refractivity contribution in [1.82, 2.24) is 0 Å². The fourth-order valence-electron chi connectivity index (χ4n) is 10.9. The maximum absolute atomic E-state index is 12.8. The van der Waals surface area contributed by atoms with Gasteiger partial charge in [0, 0.05) is 19.3 Å². The molecule has 0 spiro atoms. The molecule has 0 aromatic carbocycles. The van der Waals surface area contributed by atoms with Gasteiger partial charge in [-0.3, -0.25) is 14.4 Å². The van der Waals surface area contributed by atoms with Gasteiger partial charge >= 0.3 is 17.9 Å². The average Bonchev–Trinajstić information content (AvgIpc) is 3.41. The number of esters is 3. The van der Waals surface area contributed by atoms with Gasteiger partial charge in [-0.25, -0.2) is 0 Å². The Morgan fingerprint density at radius 3 is 0.533 bits per heavy atom. The monoisotopic (exact) mass is 1060 g/mol. The number of rotatable bonds is 65. The van der Waals surface area contributed by atoms with Crippen LogP contribution in [0.1, 0.15) is 406 Å². The number of hydrogen-bond donors (Lipinski definition) is 0. The van der Waals surface area contributed by atoms with Gasteiger partial charge in [-0.2, -0.15) is 0 Å². The number of ether oxygens (including phenoxy) is 3. The van der Waals surface area contributed by atoms with E-state index in [1.54, 1.807) is 0 Å². The highest BCUT2D eigenvalue weighted by Crippen LogP contribution is 2.19. The first kappa shape index (κ1) is 73.4. The van der Waals surface area contributed by atoms with Crippen LogP contribution in [0.4, 0.5) is 0 Å². The molecule has 446 valence electrons. The van der Waals surface area contributed by atoms with Crippen molar-refractivity contribution in [2.45, 2.75) is 412 Å². The number of carbonyl (C=O) groups is 3. The van der Waals surface area contributed by atoms with Crippen LogP contribution in [-0.2, 0) is 28.6 Å². The molecule has 0 radical (unpaired) electrons. The van der Waals surface area contributed by atoms with Gasteiger partial charge in [0.25, 0.3) is 0 Å². The Morgan fingerprint density at radius 1 is 0.213 bits per heavy atom. The number of carbonyl (C=O) groups excluding carboxylic acids is 3. The second-order valence-electron chi connectivity index (χ2n) is 23.8. The van der Waals surface area contributed by atoms with E-state index in [0.717, 1.165) is 57.8 Å². The lowest BCUT2D eigenvalue weighted by Crippen LogP contribution is -2.30. The van der Waals surface area contributed by atoms with E-state index >= 15 is 0 Å². The van der Waals surface area contributed by atoms with E-state index in [0.29, 0.717) is 19.3 Å². The van der Waals surface area contributed by atoms with E-state index in [1.807, 2.05) is 0 Å². The summed E-state index contributed by atoms with van der Waals surface area (Å²) in [6, 6.07) is 0. The van der Waals surface area contributed by atoms with Crippen LogP contribution < -0.4 is 0 Å². The Balaban J connectivity index is 3.89. The van der Waals surface area contributed by atoms with Crippen LogP contribution in [0.25, 0.3) is 0 Å². The number of hydrogen-bond acceptors (Lipinski definition) is 6. The molecule has 6 heteroatoms. The normalized spacial score (nSPS) is 11.9. The van der Waals surface area contributed by atoms with Crippen molar-refractivity contribution in [3.63, 3.8) is 0 Å². The van der Waals surface area contributed by atoms with Crippen molar-refractivity contribution < 1.29 is 28.6 Å². The van der Waals surface area contributed by atoms with Crippen molar-refractivity contribution in [3.05, 3.63) is 0 Å². The zero-order chi connectivity index (χ0) is 54.3. The SMILES string of the molecule is CCCCCCCCCCCCCCCCCCCCCCCCCCCCCCCCCCCCCC(=O)OCC(COC(=O)CCCCCCCCCCC)OC(=O)CCCCCCCCCCCCCCC. The summed E-state index contributed by atoms with van der Waals surface area (Å²) >= 11 is 0. The Morgan fingerprint density at radius 2 is 0.360 bits per heavy atom. The molecule has 1 atom stereocenters. The molecule has 0 fully saturated rings. The summed E-state index contributed by atoms with van der Waals surface area (Å²) in [6.07, 6.45) is 76.0. The second kappa shape index (κ2) is 64.9. The molecule has 0 aromatic rings. The summed E-state index contributed by atoms with van der Waals surface area (Å²) in [7, 11) is 0. The summed E-state index contributed by atoms with van der Waals surface area (Å²) in [4.78, 5) is 38.1. The van der Waals surface area contributed by atoms with E-state index in [2.05, 4.69) is 20.8 Å². The summed E-state index contributed by atoms with van der Waals surface area (Å²) in [6.45, 7) is 6.69. The van der Waals surface area contributed by atoms with Gasteiger partial charge in [0.1, 0.15) is 13.2 Å². The summed E-state index contributed by atoms with van der Waals surface area (Å²) in [5, 5.41) is 0. The smallest absolute Gasteiger partial charge is 0.306 e. The minimum absolute atomic E-state index is 0.0613. The van der Waals surface area contributed by atoms with E-state index in [1.165, 1.54) is 308 Å². The average molecular weight is 1060 g/mol. The molecular weight excluding hydrogens is 925 g/mol. The van der Waals surface area contributed by atoms with Gasteiger partial charge in [-0.05, 0) is 19.3 Å². The molecule has 0 saturated carbocycles. The standard InChI is InChI=1S/C69H134O6/c1-4-7-10-13-16-19-21-23-24-25-26-27-28-29-30-31-32-33-34-35-36-37-38-39-40-41-42-43-44-46-47-50-53-56-59-62-68(71)74-65-66(64-73-67(70)61-58-55-52-49-18-15-12-9-6-3)75-69(72)63-60-57-54-51-48-45-22-20-17-14-11-8-5-2/h66H,4-65H2,1-3H3. The molecule has 0 aliphatic rings. The van der Waals surface area contributed by atoms with Gasteiger partial charge < -0.3 is 14.2 Å². The highest BCUT2D eigenvalue weighted by atomic mass is 16.6. The molecule has 0 N–H and O–H groups in total. The van der Waals surface area contributed by atoms with Gasteiger partial charge in [-0.15, -0.1) is 0 Å². The minimum Gasteiger partial charge on any atom is -0.462 e. The molecule has 75 heavy (non-hydrogen) atoms. The van der Waals surface area contributed by atoms with Crippen molar-refractivity contribution in [2.75, 3.05) is 13.2 Å². The van der Waals surface area contributed by atoms with Crippen LogP contribution in [0.2, 0.25) is 0 Å². The Hall–Kier alpha value is -1.59. The molecule has 0 heterocycles. The molecule has 6 nitrogen and oxygen atoms in total. The molecule has 0 aromatic heterocycles. The largest absolute Gasteiger partial charge is 0.462 e. The molecule has 0 saturated heterocycles. The summed E-state index contributed by atoms with van der Waals surface area (Å²) in [5.41, 5.74) is 0. The van der Waals surface area contributed by atoms with E-state index < -0.39 is 6.10 Å². The molecular formula is C69H134O6. The Bertz CT molecular complexity index is 1120. The first-order valence-corrected chi connectivity index (χ1v) is 34.5. The predicted octanol–water partition coefficient (Wildman–Crippen LogP) is 23.5. The highest BCUT2D eigenvalue weighted by Gasteiger charge is 2.19. The summed E-state index contributed by atoms with van der Waals surface area (Å²) < 4.78 is 16.9. The van der Waals surface area contributed by atoms with Gasteiger partial charge in [0.2, 0.25) is 0 Å². The molecule has 0 amide bonds. The topological polar surface area (TPSA) is 78.9 Å². The molecule has 1 unspecified atom stereocenters. The first-order chi connectivity index (χ1) is 37.0. The Labute approximate surface area is 469 Å². The lowest BCUT2D eigenvalue weighted by Gasteiger charge is -2.18. The maximum atomic E-state index is 12.8. The van der Waals surface area contributed by atoms with Gasteiger partial charge in [0.05, 0.1) is 0 Å². The third-order valence-corrected chi connectivity index (χ3v) is 16.1. The van der Waals surface area contributed by atoms with Gasteiger partial charge in [0.15, 0.2) is 6.10 Å². The quantitative estimate of drug-likeness (QED) is 0.0343. The fraction of sp³-hybridized carbons (Fsp3) is 0.957. The van der Waals surface area contributed by atoms with Crippen LogP contribution in [-0.4, -0.2) is 37.2 Å². The number of unbranched alkanes of at least 4 members (excludes halogenated alkanes) is 54. The first-order valence-electron chi connectivity index (χ1n) is 34.5. The highest BCUT2D eigenvalue weighted by molar-refractivity contribution is 5.71. The molecule has 0 aliphatic carbocycles. The zero-order valence-corrected chi connectivity index (χ0v) is 51.4. The molecule has 0 rings (SSSR count). The van der Waals surface area contributed by atoms with Crippen LogP contribution in [0.3, 0.4) is 0 Å². The minimum atomic E-state index is -0.761. The van der Waals surface area contributed by atoms with Crippen LogP contribution in [0.5, 0.6) is 0 Å². The van der Waals surface area contributed by atoms with Crippen molar-refractivity contribution in [2.24, 2.45) is 0 Å². The third-order valence-electron chi connectivity index (χ3n) is 16.1. The van der Waals surface area contributed by atoms with E-state index in [9.17, 15) is 14.4 Å². The van der Waals surface area contributed by atoms with Crippen LogP contribution >= 0.6 is 0 Å². The zero-order valence-electron chi connectivity index (χ0n) is 51.4. The van der Waals surface area contributed by atoms with Crippen molar-refractivity contribution >= 4 is 17.9 Å². The van der Waals surface area contributed by atoms with E-state index in [4.69, 9.17) is 14.2 Å². The predicted molar refractivity (Wildman–Crippen MR) is 326 cm³/mol. The van der Waals surface area contributed by atoms with Crippen LogP contribution in [0, 0.1) is 0 Å². The van der Waals surface area contributed by atoms with Crippen molar-refractivity contribution in [1.29, 1.82) is 0 Å².